The molecule has 1 atom stereocenters. The van der Waals surface area contributed by atoms with E-state index >= 15 is 0 Å². The van der Waals surface area contributed by atoms with E-state index in [1.165, 1.54) is 5.56 Å². The van der Waals surface area contributed by atoms with E-state index in [9.17, 15) is 5.11 Å². The summed E-state index contributed by atoms with van der Waals surface area (Å²) in [4.78, 5) is 2.19. The van der Waals surface area contributed by atoms with Gasteiger partial charge in [0, 0.05) is 31.1 Å². The Bertz CT molecular complexity index is 338. The summed E-state index contributed by atoms with van der Waals surface area (Å²) in [7, 11) is 2.05. The fourth-order valence-electron chi connectivity index (χ4n) is 2.16. The predicted octanol–water partition coefficient (Wildman–Crippen LogP) is 0.880. The number of benzene rings is 1. The molecule has 0 spiro atoms. The number of fused-ring (bicyclic) bond motifs is 1. The zero-order valence-corrected chi connectivity index (χ0v) is 8.40. The number of phenols is 1. The average Bonchev–Trinajstić information content (AvgIpc) is 2.18. The molecule has 1 aliphatic heterocycles. The highest BCUT2D eigenvalue weighted by atomic mass is 16.3. The van der Waals surface area contributed by atoms with Crippen molar-refractivity contribution in [2.75, 3.05) is 20.1 Å². The molecule has 0 saturated carbocycles. The van der Waals surface area contributed by atoms with Crippen LogP contribution in [0.1, 0.15) is 17.0 Å². The maximum atomic E-state index is 9.72. The number of aromatic hydroxyl groups is 1. The largest absolute Gasteiger partial charge is 0.508 e. The maximum absolute atomic E-state index is 9.72. The molecule has 0 aliphatic carbocycles. The summed E-state index contributed by atoms with van der Waals surface area (Å²) < 4.78 is 0. The Hall–Kier alpha value is -1.06. The van der Waals surface area contributed by atoms with Gasteiger partial charge in [0.05, 0.1) is 0 Å². The van der Waals surface area contributed by atoms with Crippen molar-refractivity contribution in [3.63, 3.8) is 0 Å². The summed E-state index contributed by atoms with van der Waals surface area (Å²) in [5, 5.41) is 9.72. The molecule has 2 rings (SSSR count). The minimum atomic E-state index is 0.357. The fraction of sp³-hybridized carbons (Fsp3) is 0.455. The lowest BCUT2D eigenvalue weighted by molar-refractivity contribution is 0.276. The van der Waals surface area contributed by atoms with Gasteiger partial charge < -0.3 is 15.7 Å². The molecular weight excluding hydrogens is 176 g/mol. The van der Waals surface area contributed by atoms with E-state index in [4.69, 9.17) is 5.73 Å². The van der Waals surface area contributed by atoms with Crippen LogP contribution in [-0.2, 0) is 6.54 Å². The molecule has 1 unspecified atom stereocenters. The second-order valence-electron chi connectivity index (χ2n) is 3.97. The number of nitrogens with zero attached hydrogens (tertiary/aromatic N) is 1. The summed E-state index contributed by atoms with van der Waals surface area (Å²) in [6.45, 7) is 2.44. The number of phenolic OH excluding ortho intramolecular Hbond substituents is 1. The Kier molecular flexibility index (Phi) is 2.44. The monoisotopic (exact) mass is 192 g/mol. The summed E-state index contributed by atoms with van der Waals surface area (Å²) in [5.41, 5.74) is 7.97. The molecular formula is C11H16N2O. The van der Waals surface area contributed by atoms with Gasteiger partial charge in [0.25, 0.3) is 0 Å². The van der Waals surface area contributed by atoms with Gasteiger partial charge in [0.15, 0.2) is 0 Å². The van der Waals surface area contributed by atoms with Gasteiger partial charge in [-0.05, 0) is 18.7 Å². The Morgan fingerprint density at radius 3 is 3.07 bits per heavy atom. The Morgan fingerprint density at radius 2 is 2.36 bits per heavy atom. The van der Waals surface area contributed by atoms with Gasteiger partial charge in [0.1, 0.15) is 5.75 Å². The highest BCUT2D eigenvalue weighted by Crippen LogP contribution is 2.32. The summed E-state index contributed by atoms with van der Waals surface area (Å²) in [5.74, 6) is 0.753. The molecule has 0 aromatic heterocycles. The molecule has 1 aliphatic rings. The van der Waals surface area contributed by atoms with Crippen molar-refractivity contribution in [1.82, 2.24) is 4.90 Å². The topological polar surface area (TPSA) is 49.5 Å². The Balaban J connectivity index is 2.45. The third-order valence-electron chi connectivity index (χ3n) is 2.87. The van der Waals surface area contributed by atoms with Crippen molar-refractivity contribution in [3.05, 3.63) is 29.3 Å². The van der Waals surface area contributed by atoms with Crippen LogP contribution in [0.25, 0.3) is 0 Å². The molecule has 1 aromatic rings. The molecule has 0 amide bonds. The van der Waals surface area contributed by atoms with Gasteiger partial charge in [0.2, 0.25) is 0 Å². The number of hydrogen-bond acceptors (Lipinski definition) is 3. The van der Waals surface area contributed by atoms with E-state index in [1.807, 2.05) is 6.07 Å². The molecule has 0 saturated heterocycles. The predicted molar refractivity (Wildman–Crippen MR) is 56.2 cm³/mol. The third-order valence-corrected chi connectivity index (χ3v) is 2.87. The summed E-state index contributed by atoms with van der Waals surface area (Å²) in [6.07, 6.45) is 0. The highest BCUT2D eigenvalue weighted by molar-refractivity contribution is 5.42. The number of likely N-dealkylation sites (N-methyl/N-ethyl adjacent to an activating group) is 1. The van der Waals surface area contributed by atoms with Crippen LogP contribution < -0.4 is 5.73 Å². The first-order chi connectivity index (χ1) is 6.72. The van der Waals surface area contributed by atoms with Gasteiger partial charge in [-0.2, -0.15) is 0 Å². The van der Waals surface area contributed by atoms with Crippen molar-refractivity contribution in [2.45, 2.75) is 12.5 Å². The zero-order valence-electron chi connectivity index (χ0n) is 8.40. The van der Waals surface area contributed by atoms with Crippen LogP contribution in [0.15, 0.2) is 18.2 Å². The lowest BCUT2D eigenvalue weighted by atomic mass is 9.89. The van der Waals surface area contributed by atoms with Gasteiger partial charge in [-0.3, -0.25) is 0 Å². The first-order valence-electron chi connectivity index (χ1n) is 4.91. The molecule has 3 heteroatoms. The lowest BCUT2D eigenvalue weighted by Crippen LogP contribution is -2.33. The second kappa shape index (κ2) is 3.59. The van der Waals surface area contributed by atoms with Crippen LogP contribution in [0.4, 0.5) is 0 Å². The molecule has 14 heavy (non-hydrogen) atoms. The van der Waals surface area contributed by atoms with Crippen LogP contribution in [0.2, 0.25) is 0 Å². The fourth-order valence-corrected chi connectivity index (χ4v) is 2.16. The van der Waals surface area contributed by atoms with Crippen molar-refractivity contribution in [1.29, 1.82) is 0 Å². The second-order valence-corrected chi connectivity index (χ2v) is 3.97. The quantitative estimate of drug-likeness (QED) is 0.694. The Morgan fingerprint density at radius 1 is 1.57 bits per heavy atom. The minimum absolute atomic E-state index is 0.357. The Labute approximate surface area is 84.1 Å². The highest BCUT2D eigenvalue weighted by Gasteiger charge is 2.23. The maximum Gasteiger partial charge on any atom is 0.120 e. The molecule has 76 valence electrons. The number of hydrogen-bond donors (Lipinski definition) is 2. The van der Waals surface area contributed by atoms with Crippen molar-refractivity contribution in [2.24, 2.45) is 5.73 Å². The summed E-state index contributed by atoms with van der Waals surface area (Å²) in [6, 6.07) is 5.70. The zero-order chi connectivity index (χ0) is 10.1. The van der Waals surface area contributed by atoms with Crippen LogP contribution in [0.3, 0.4) is 0 Å². The molecule has 1 heterocycles. The standard InChI is InChI=1S/C11H16N2O/c1-13-6-8(5-12)9-3-2-4-11(14)10(9)7-13/h2-4,8,14H,5-7,12H2,1H3. The average molecular weight is 192 g/mol. The molecule has 0 radical (unpaired) electrons. The number of nitrogens with two attached hydrogens (primary N) is 1. The number of rotatable bonds is 1. The summed E-state index contributed by atoms with van der Waals surface area (Å²) >= 11 is 0. The van der Waals surface area contributed by atoms with E-state index < -0.39 is 0 Å². The van der Waals surface area contributed by atoms with Gasteiger partial charge in [-0.25, -0.2) is 0 Å². The molecule has 0 fully saturated rings. The lowest BCUT2D eigenvalue weighted by Gasteiger charge is -2.31. The van der Waals surface area contributed by atoms with E-state index in [0.29, 0.717) is 18.2 Å². The van der Waals surface area contributed by atoms with Crippen molar-refractivity contribution < 1.29 is 5.11 Å². The van der Waals surface area contributed by atoms with Crippen LogP contribution >= 0.6 is 0 Å². The van der Waals surface area contributed by atoms with Crippen molar-refractivity contribution in [3.8, 4) is 5.75 Å². The first-order valence-corrected chi connectivity index (χ1v) is 4.91. The van der Waals surface area contributed by atoms with E-state index in [1.54, 1.807) is 6.07 Å². The normalized spacial score (nSPS) is 22.0. The van der Waals surface area contributed by atoms with E-state index in [2.05, 4.69) is 18.0 Å². The molecule has 1 aromatic carbocycles. The first kappa shape index (κ1) is 9.49. The van der Waals surface area contributed by atoms with Crippen LogP contribution in [-0.4, -0.2) is 30.1 Å². The third kappa shape index (κ3) is 1.49. The SMILES string of the molecule is CN1Cc2c(O)cccc2C(CN)C1. The van der Waals surface area contributed by atoms with Gasteiger partial charge >= 0.3 is 0 Å². The van der Waals surface area contributed by atoms with Gasteiger partial charge in [-0.15, -0.1) is 0 Å². The van der Waals surface area contributed by atoms with Crippen LogP contribution in [0, 0.1) is 0 Å². The van der Waals surface area contributed by atoms with Crippen molar-refractivity contribution >= 4 is 0 Å². The molecule has 3 nitrogen and oxygen atoms in total. The molecule has 0 bridgehead atoms. The minimum Gasteiger partial charge on any atom is -0.508 e. The smallest absolute Gasteiger partial charge is 0.120 e. The van der Waals surface area contributed by atoms with Crippen LogP contribution in [0.5, 0.6) is 5.75 Å². The van der Waals surface area contributed by atoms with E-state index in [-0.39, 0.29) is 0 Å². The van der Waals surface area contributed by atoms with Gasteiger partial charge in [-0.1, -0.05) is 12.1 Å². The molecule has 3 N–H and O–H groups in total. The van der Waals surface area contributed by atoms with E-state index in [0.717, 1.165) is 18.7 Å².